The molecule has 1 N–H and O–H groups in total. The molecule has 0 bridgehead atoms. The van der Waals surface area contributed by atoms with Gasteiger partial charge in [0, 0.05) is 25.2 Å². The smallest absolute Gasteiger partial charge is 0.251 e. The minimum Gasteiger partial charge on any atom is -0.356 e. The van der Waals surface area contributed by atoms with Crippen LogP contribution in [0.5, 0.6) is 0 Å². The van der Waals surface area contributed by atoms with Crippen molar-refractivity contribution in [2.24, 2.45) is 0 Å². The third kappa shape index (κ3) is 3.12. The van der Waals surface area contributed by atoms with E-state index in [4.69, 9.17) is 0 Å². The second-order valence-electron chi connectivity index (χ2n) is 6.57. The highest BCUT2D eigenvalue weighted by Crippen LogP contribution is 2.25. The predicted octanol–water partition coefficient (Wildman–Crippen LogP) is 2.16. The maximum absolute atomic E-state index is 12.3. The number of rotatable bonds is 5. The van der Waals surface area contributed by atoms with E-state index < -0.39 is 0 Å². The van der Waals surface area contributed by atoms with Crippen LogP contribution in [0.15, 0.2) is 36.8 Å². The third-order valence-electron chi connectivity index (χ3n) is 4.82. The highest BCUT2D eigenvalue weighted by molar-refractivity contribution is 5.95. The fourth-order valence-corrected chi connectivity index (χ4v) is 3.42. The average Bonchev–Trinajstić information content (AvgIpc) is 3.32. The zero-order valence-electron chi connectivity index (χ0n) is 14.9. The van der Waals surface area contributed by atoms with E-state index in [0.29, 0.717) is 18.7 Å². The lowest BCUT2D eigenvalue weighted by atomic mass is 10.1. The minimum absolute atomic E-state index is 0.0630. The molecule has 2 aromatic heterocycles. The first-order valence-corrected chi connectivity index (χ1v) is 8.99. The summed E-state index contributed by atoms with van der Waals surface area (Å²) in [6.45, 7) is 5.06. The normalized spacial score (nSPS) is 14.1. The van der Waals surface area contributed by atoms with Crippen molar-refractivity contribution in [1.29, 1.82) is 0 Å². The van der Waals surface area contributed by atoms with Crippen molar-refractivity contribution in [3.8, 4) is 0 Å². The van der Waals surface area contributed by atoms with Gasteiger partial charge >= 0.3 is 0 Å². The Morgan fingerprint density at radius 1 is 1.19 bits per heavy atom. The second kappa shape index (κ2) is 7.11. The summed E-state index contributed by atoms with van der Waals surface area (Å²) in [5.41, 5.74) is 2.49. The number of anilines is 1. The van der Waals surface area contributed by atoms with E-state index in [9.17, 15) is 4.79 Å². The van der Waals surface area contributed by atoms with Gasteiger partial charge in [-0.1, -0.05) is 18.2 Å². The highest BCUT2D eigenvalue weighted by atomic mass is 16.1. The lowest BCUT2D eigenvalue weighted by molar-refractivity contribution is 0.0951. The number of carbonyl (C=O) groups is 1. The molecule has 134 valence electrons. The van der Waals surface area contributed by atoms with Crippen LogP contribution in [0.4, 0.5) is 5.82 Å². The van der Waals surface area contributed by atoms with Crippen LogP contribution in [0.3, 0.4) is 0 Å². The number of aromatic nitrogens is 4. The van der Waals surface area contributed by atoms with Gasteiger partial charge in [-0.3, -0.25) is 4.79 Å². The van der Waals surface area contributed by atoms with Crippen LogP contribution in [0.2, 0.25) is 0 Å². The molecule has 3 aromatic rings. The Kier molecular flexibility index (Phi) is 4.51. The van der Waals surface area contributed by atoms with Gasteiger partial charge in [-0.15, -0.1) is 0 Å². The van der Waals surface area contributed by atoms with Crippen molar-refractivity contribution < 1.29 is 4.79 Å². The van der Waals surface area contributed by atoms with Gasteiger partial charge in [0.1, 0.15) is 12.1 Å². The van der Waals surface area contributed by atoms with Crippen LogP contribution in [0, 0.1) is 6.92 Å². The molecule has 4 rings (SSSR count). The molecule has 3 heterocycles. The molecule has 0 spiro atoms. The molecular formula is C19H22N6O. The van der Waals surface area contributed by atoms with Crippen molar-refractivity contribution in [3.05, 3.63) is 47.9 Å². The second-order valence-corrected chi connectivity index (χ2v) is 6.57. The number of hydrogen-bond donors (Lipinski definition) is 1. The van der Waals surface area contributed by atoms with Crippen molar-refractivity contribution in [1.82, 2.24) is 25.1 Å². The molecule has 1 fully saturated rings. The molecule has 0 unspecified atom stereocenters. The number of fused-ring (bicyclic) bond motifs is 1. The zero-order chi connectivity index (χ0) is 17.9. The van der Waals surface area contributed by atoms with E-state index in [1.54, 1.807) is 6.33 Å². The van der Waals surface area contributed by atoms with Crippen molar-refractivity contribution in [3.63, 3.8) is 0 Å². The maximum atomic E-state index is 12.3. The number of amides is 1. The first-order chi connectivity index (χ1) is 12.7. The number of benzene rings is 1. The summed E-state index contributed by atoms with van der Waals surface area (Å²) in [6.07, 6.45) is 5.82. The van der Waals surface area contributed by atoms with Crippen LogP contribution in [-0.2, 0) is 6.54 Å². The quantitative estimate of drug-likeness (QED) is 0.763. The number of nitrogens with one attached hydrogen (secondary N) is 1. The van der Waals surface area contributed by atoms with Gasteiger partial charge in [0.25, 0.3) is 5.91 Å². The third-order valence-corrected chi connectivity index (χ3v) is 4.82. The fraction of sp³-hybridized carbons (Fsp3) is 0.368. The van der Waals surface area contributed by atoms with Crippen molar-refractivity contribution in [2.45, 2.75) is 26.3 Å². The largest absolute Gasteiger partial charge is 0.356 e. The van der Waals surface area contributed by atoms with E-state index in [1.165, 1.54) is 12.8 Å². The number of nitrogens with zero attached hydrogens (tertiary/aromatic N) is 5. The monoisotopic (exact) mass is 350 g/mol. The summed E-state index contributed by atoms with van der Waals surface area (Å²) >= 11 is 0. The van der Waals surface area contributed by atoms with Gasteiger partial charge in [0.2, 0.25) is 0 Å². The lowest BCUT2D eigenvalue weighted by Gasteiger charge is -2.16. The lowest BCUT2D eigenvalue weighted by Crippen LogP contribution is -2.28. The summed E-state index contributed by atoms with van der Waals surface area (Å²) in [4.78, 5) is 23.4. The van der Waals surface area contributed by atoms with E-state index in [1.807, 2.05) is 42.1 Å². The number of carbonyl (C=O) groups excluding carboxylic acids is 1. The molecular weight excluding hydrogens is 328 g/mol. The van der Waals surface area contributed by atoms with Crippen LogP contribution in [0.25, 0.3) is 11.0 Å². The van der Waals surface area contributed by atoms with E-state index in [2.05, 4.69) is 25.3 Å². The Labute approximate surface area is 152 Å². The summed E-state index contributed by atoms with van der Waals surface area (Å²) in [6, 6.07) is 7.58. The zero-order valence-corrected chi connectivity index (χ0v) is 14.9. The molecule has 0 aliphatic carbocycles. The van der Waals surface area contributed by atoms with Crippen LogP contribution < -0.4 is 10.2 Å². The Bertz CT molecular complexity index is 929. The number of hydrogen-bond acceptors (Lipinski definition) is 5. The van der Waals surface area contributed by atoms with Crippen LogP contribution in [0.1, 0.15) is 28.8 Å². The maximum Gasteiger partial charge on any atom is 0.251 e. The topological polar surface area (TPSA) is 75.9 Å². The van der Waals surface area contributed by atoms with Crippen LogP contribution >= 0.6 is 0 Å². The molecule has 1 saturated heterocycles. The van der Waals surface area contributed by atoms with Crippen molar-refractivity contribution >= 4 is 22.8 Å². The average molecular weight is 350 g/mol. The summed E-state index contributed by atoms with van der Waals surface area (Å²) < 4.78 is 1.83. The Morgan fingerprint density at radius 3 is 2.81 bits per heavy atom. The molecule has 1 aromatic carbocycles. The molecule has 7 heteroatoms. The molecule has 1 aliphatic rings. The van der Waals surface area contributed by atoms with Crippen LogP contribution in [-0.4, -0.2) is 45.3 Å². The van der Waals surface area contributed by atoms with Gasteiger partial charge < -0.3 is 10.2 Å². The molecule has 0 atom stereocenters. The van der Waals surface area contributed by atoms with Gasteiger partial charge in [0.05, 0.1) is 18.1 Å². The first-order valence-electron chi connectivity index (χ1n) is 8.99. The van der Waals surface area contributed by atoms with Gasteiger partial charge in [-0.05, 0) is 31.4 Å². The minimum atomic E-state index is -0.0630. The fourth-order valence-electron chi connectivity index (χ4n) is 3.42. The molecule has 1 amide bonds. The van der Waals surface area contributed by atoms with E-state index in [0.717, 1.165) is 35.5 Å². The summed E-state index contributed by atoms with van der Waals surface area (Å²) in [7, 11) is 0. The standard InChI is InChI=1S/C19H22N6O/c1-14-6-2-3-7-15(14)19(26)20-8-11-25-18-16(12-23-25)17(21-13-22-18)24-9-4-5-10-24/h2-3,6-7,12-13H,4-5,8-11H2,1H3,(H,20,26). The Hall–Kier alpha value is -2.96. The Morgan fingerprint density at radius 2 is 2.00 bits per heavy atom. The molecule has 0 saturated carbocycles. The molecule has 26 heavy (non-hydrogen) atoms. The molecule has 0 radical (unpaired) electrons. The van der Waals surface area contributed by atoms with Gasteiger partial charge in [-0.25, -0.2) is 14.6 Å². The predicted molar refractivity (Wildman–Crippen MR) is 100 cm³/mol. The van der Waals surface area contributed by atoms with Crippen molar-refractivity contribution in [2.75, 3.05) is 24.5 Å². The van der Waals surface area contributed by atoms with E-state index >= 15 is 0 Å². The van der Waals surface area contributed by atoms with Gasteiger partial charge in [0.15, 0.2) is 5.65 Å². The van der Waals surface area contributed by atoms with E-state index in [-0.39, 0.29) is 5.91 Å². The molecule has 1 aliphatic heterocycles. The summed E-state index contributed by atoms with van der Waals surface area (Å²) in [5.74, 6) is 0.898. The molecule has 7 nitrogen and oxygen atoms in total. The highest BCUT2D eigenvalue weighted by Gasteiger charge is 2.18. The first kappa shape index (κ1) is 16.5. The van der Waals surface area contributed by atoms with Gasteiger partial charge in [-0.2, -0.15) is 5.10 Å². The Balaban J connectivity index is 1.46. The SMILES string of the molecule is Cc1ccccc1C(=O)NCCn1ncc2c(N3CCCC3)ncnc21. The summed E-state index contributed by atoms with van der Waals surface area (Å²) in [5, 5.41) is 8.38. The number of aryl methyl sites for hydroxylation is 1.